The van der Waals surface area contributed by atoms with Gasteiger partial charge < -0.3 is 9.47 Å². The number of hydrogen-bond acceptors (Lipinski definition) is 6. The van der Waals surface area contributed by atoms with Crippen molar-refractivity contribution in [3.8, 4) is 0 Å². The number of allylic oxidation sites excluding steroid dienone is 2. The van der Waals surface area contributed by atoms with Crippen LogP contribution in [0, 0.1) is 0 Å². The molecule has 2 heterocycles. The van der Waals surface area contributed by atoms with Crippen LogP contribution in [-0.2, 0) is 22.3 Å². The number of fused-ring (bicyclic) bond motifs is 2. The van der Waals surface area contributed by atoms with E-state index in [-0.39, 0.29) is 11.9 Å². The maximum absolute atomic E-state index is 12.6. The molecule has 6 heteroatoms. The molecule has 2 aromatic carbocycles. The maximum atomic E-state index is 12.6. The standard InChI is InChI=1S/C26H28O4S2/c1-3-5-13-29-25(27)19-11-7-9-17-15-21(31-23(17)19)22-16-18-10-8-12-20(24(18)32-22)26(28)30-14-6-4-2/h7-12H,3-6,13-16H2,1-2H3/b22-21-. The molecule has 0 atom stereocenters. The summed E-state index contributed by atoms with van der Waals surface area (Å²) >= 11 is 3.34. The fraction of sp³-hybridized carbons (Fsp3) is 0.385. The Bertz CT molecular complexity index is 974. The van der Waals surface area contributed by atoms with Crippen LogP contribution in [-0.4, -0.2) is 25.2 Å². The fourth-order valence-corrected chi connectivity index (χ4v) is 6.40. The van der Waals surface area contributed by atoms with Crippen molar-refractivity contribution >= 4 is 35.5 Å². The van der Waals surface area contributed by atoms with E-state index in [1.54, 1.807) is 23.5 Å². The topological polar surface area (TPSA) is 52.6 Å². The van der Waals surface area contributed by atoms with Gasteiger partial charge in [-0.2, -0.15) is 0 Å². The number of rotatable bonds is 8. The highest BCUT2D eigenvalue weighted by Gasteiger charge is 2.30. The van der Waals surface area contributed by atoms with Crippen molar-refractivity contribution in [2.75, 3.05) is 13.2 Å². The second-order valence-corrected chi connectivity index (χ2v) is 10.2. The molecule has 2 aliphatic rings. The molecule has 32 heavy (non-hydrogen) atoms. The summed E-state index contributed by atoms with van der Waals surface area (Å²) in [6.45, 7) is 5.08. The van der Waals surface area contributed by atoms with Gasteiger partial charge in [0.2, 0.25) is 0 Å². The molecule has 0 bridgehead atoms. The van der Waals surface area contributed by atoms with Crippen LogP contribution in [0.5, 0.6) is 0 Å². The minimum absolute atomic E-state index is 0.242. The zero-order chi connectivity index (χ0) is 22.5. The van der Waals surface area contributed by atoms with Crippen molar-refractivity contribution in [2.24, 2.45) is 0 Å². The molecule has 4 rings (SSSR count). The van der Waals surface area contributed by atoms with Crippen LogP contribution in [0.25, 0.3) is 0 Å². The maximum Gasteiger partial charge on any atom is 0.339 e. The summed E-state index contributed by atoms with van der Waals surface area (Å²) in [5.41, 5.74) is 3.64. The molecule has 0 amide bonds. The molecule has 2 aliphatic heterocycles. The van der Waals surface area contributed by atoms with E-state index < -0.39 is 0 Å². The Morgan fingerprint density at radius 1 is 0.750 bits per heavy atom. The van der Waals surface area contributed by atoms with Gasteiger partial charge in [0.05, 0.1) is 24.3 Å². The van der Waals surface area contributed by atoms with Crippen molar-refractivity contribution in [2.45, 2.75) is 62.2 Å². The summed E-state index contributed by atoms with van der Waals surface area (Å²) < 4.78 is 10.9. The predicted molar refractivity (Wildman–Crippen MR) is 129 cm³/mol. The number of ether oxygens (including phenoxy) is 2. The second-order valence-electron chi connectivity index (χ2n) is 7.97. The molecule has 0 aliphatic carbocycles. The lowest BCUT2D eigenvalue weighted by Crippen LogP contribution is -2.07. The molecule has 0 aromatic heterocycles. The van der Waals surface area contributed by atoms with Gasteiger partial charge in [-0.15, -0.1) is 0 Å². The molecule has 4 nitrogen and oxygen atoms in total. The lowest BCUT2D eigenvalue weighted by Gasteiger charge is -2.08. The first-order valence-electron chi connectivity index (χ1n) is 11.3. The van der Waals surface area contributed by atoms with Crippen LogP contribution < -0.4 is 0 Å². The van der Waals surface area contributed by atoms with E-state index >= 15 is 0 Å². The molecule has 2 aromatic rings. The van der Waals surface area contributed by atoms with Crippen molar-refractivity contribution in [1.29, 1.82) is 0 Å². The van der Waals surface area contributed by atoms with Crippen molar-refractivity contribution in [3.63, 3.8) is 0 Å². The van der Waals surface area contributed by atoms with E-state index in [1.165, 1.54) is 9.81 Å². The minimum atomic E-state index is -0.242. The van der Waals surface area contributed by atoms with Crippen LogP contribution in [0.1, 0.15) is 71.4 Å². The van der Waals surface area contributed by atoms with Gasteiger partial charge in [0.1, 0.15) is 0 Å². The third-order valence-electron chi connectivity index (χ3n) is 5.56. The van der Waals surface area contributed by atoms with Crippen molar-refractivity contribution in [1.82, 2.24) is 0 Å². The smallest absolute Gasteiger partial charge is 0.339 e. The van der Waals surface area contributed by atoms with E-state index in [0.29, 0.717) is 24.3 Å². The number of benzene rings is 2. The SMILES string of the molecule is CCCCOC(=O)c1cccc2c1S/C(=C1/Cc3cccc(C(=O)OCCCC)c3S1)C2. The second kappa shape index (κ2) is 10.6. The number of unbranched alkanes of at least 4 members (excludes halogenated alkanes) is 2. The van der Waals surface area contributed by atoms with Gasteiger partial charge in [0.25, 0.3) is 0 Å². The molecule has 0 fully saturated rings. The molecular formula is C26H28O4S2. The first kappa shape index (κ1) is 23.0. The third-order valence-corrected chi connectivity index (χ3v) is 8.33. The molecule has 0 radical (unpaired) electrons. The lowest BCUT2D eigenvalue weighted by molar-refractivity contribution is 0.0486. The largest absolute Gasteiger partial charge is 0.462 e. The van der Waals surface area contributed by atoms with E-state index in [2.05, 4.69) is 26.0 Å². The number of hydrogen-bond donors (Lipinski definition) is 0. The Hall–Kier alpha value is -2.18. The monoisotopic (exact) mass is 468 g/mol. The van der Waals surface area contributed by atoms with E-state index in [4.69, 9.17) is 9.47 Å². The predicted octanol–water partition coefficient (Wildman–Crippen LogP) is 6.81. The molecule has 0 saturated heterocycles. The molecule has 0 spiro atoms. The van der Waals surface area contributed by atoms with Crippen molar-refractivity contribution in [3.05, 3.63) is 68.5 Å². The van der Waals surface area contributed by atoms with E-state index in [1.807, 2.05) is 24.3 Å². The average molecular weight is 469 g/mol. The lowest BCUT2D eigenvalue weighted by atomic mass is 10.1. The summed E-state index contributed by atoms with van der Waals surface area (Å²) in [7, 11) is 0. The number of thioether (sulfide) groups is 2. The van der Waals surface area contributed by atoms with Gasteiger partial charge in [-0.05, 0) is 36.1 Å². The van der Waals surface area contributed by atoms with Gasteiger partial charge in [0.15, 0.2) is 0 Å². The molecular weight excluding hydrogens is 440 g/mol. The van der Waals surface area contributed by atoms with Gasteiger partial charge in [-0.1, -0.05) is 74.5 Å². The van der Waals surface area contributed by atoms with Gasteiger partial charge in [-0.25, -0.2) is 9.59 Å². The molecule has 0 saturated carbocycles. The summed E-state index contributed by atoms with van der Waals surface area (Å²) in [5, 5.41) is 0. The Morgan fingerprint density at radius 3 is 1.59 bits per heavy atom. The molecule has 168 valence electrons. The zero-order valence-electron chi connectivity index (χ0n) is 18.6. The molecule has 0 unspecified atom stereocenters. The highest BCUT2D eigenvalue weighted by molar-refractivity contribution is 8.07. The van der Waals surface area contributed by atoms with E-state index in [0.717, 1.165) is 59.4 Å². The van der Waals surface area contributed by atoms with Crippen LogP contribution in [0.2, 0.25) is 0 Å². The summed E-state index contributed by atoms with van der Waals surface area (Å²) in [4.78, 5) is 29.7. The van der Waals surface area contributed by atoms with Crippen LogP contribution in [0.15, 0.2) is 56.0 Å². The number of carbonyl (C=O) groups excluding carboxylic acids is 2. The molecule has 0 N–H and O–H groups in total. The quantitative estimate of drug-likeness (QED) is 0.313. The summed E-state index contributed by atoms with van der Waals surface area (Å²) in [5.74, 6) is -0.484. The highest BCUT2D eigenvalue weighted by Crippen LogP contribution is 2.51. The van der Waals surface area contributed by atoms with Gasteiger partial charge in [0, 0.05) is 32.4 Å². The summed E-state index contributed by atoms with van der Waals surface area (Å²) in [6, 6.07) is 11.8. The normalized spacial score (nSPS) is 16.6. The Labute approximate surface area is 198 Å². The van der Waals surface area contributed by atoms with E-state index in [9.17, 15) is 9.59 Å². The van der Waals surface area contributed by atoms with Crippen molar-refractivity contribution < 1.29 is 19.1 Å². The Morgan fingerprint density at radius 2 is 1.19 bits per heavy atom. The minimum Gasteiger partial charge on any atom is -0.462 e. The van der Waals surface area contributed by atoms with Gasteiger partial charge in [-0.3, -0.25) is 0 Å². The highest BCUT2D eigenvalue weighted by atomic mass is 32.2. The first-order chi connectivity index (χ1) is 15.6. The van der Waals surface area contributed by atoms with Crippen LogP contribution in [0.4, 0.5) is 0 Å². The summed E-state index contributed by atoms with van der Waals surface area (Å²) in [6.07, 6.45) is 5.36. The zero-order valence-corrected chi connectivity index (χ0v) is 20.2. The fourth-order valence-electron chi connectivity index (χ4n) is 3.76. The van der Waals surface area contributed by atoms with Crippen LogP contribution in [0.3, 0.4) is 0 Å². The van der Waals surface area contributed by atoms with Crippen LogP contribution >= 0.6 is 23.5 Å². The number of esters is 2. The van der Waals surface area contributed by atoms with Gasteiger partial charge >= 0.3 is 11.9 Å². The third kappa shape index (κ3) is 4.91. The Kier molecular flexibility index (Phi) is 7.63. The Balaban J connectivity index is 1.52. The average Bonchev–Trinajstić information content (AvgIpc) is 3.43. The first-order valence-corrected chi connectivity index (χ1v) is 12.9. The number of carbonyl (C=O) groups is 2.